The first-order valence-electron chi connectivity index (χ1n) is 6.13. The lowest BCUT2D eigenvalue weighted by Crippen LogP contribution is -2.10. The van der Waals surface area contributed by atoms with Crippen LogP contribution in [-0.2, 0) is 6.18 Å². The summed E-state index contributed by atoms with van der Waals surface area (Å²) in [6.07, 6.45) is -5.03. The molecule has 0 saturated heterocycles. The molecule has 0 radical (unpaired) electrons. The van der Waals surface area contributed by atoms with Crippen molar-refractivity contribution in [2.45, 2.75) is 12.8 Å². The lowest BCUT2D eigenvalue weighted by Gasteiger charge is -2.16. The summed E-state index contributed by atoms with van der Waals surface area (Å²) in [5.74, 6) is -13.5. The molecule has 0 bridgehead atoms. The van der Waals surface area contributed by atoms with E-state index in [0.717, 1.165) is 0 Å². The van der Waals surface area contributed by atoms with E-state index < -0.39 is 64.3 Å². The molecule has 136 valence electrons. The van der Waals surface area contributed by atoms with Gasteiger partial charge in [-0.3, -0.25) is 0 Å². The third-order valence-corrected chi connectivity index (χ3v) is 3.00. The Balaban J connectivity index is 2.79. The minimum Gasteiger partial charge on any atom is -0.434 e. The number of halogens is 10. The van der Waals surface area contributed by atoms with Crippen LogP contribution in [-0.4, -0.2) is 6.61 Å². The van der Waals surface area contributed by atoms with Crippen LogP contribution < -0.4 is 4.74 Å². The SMILES string of the molecule is Fc1c(F)c(F)c(-c2ccc(C(F)(F)F)cc2OC(F)F)c(F)c1F. The second kappa shape index (κ2) is 6.45. The molecule has 0 spiro atoms. The number of alkyl halides is 5. The van der Waals surface area contributed by atoms with Gasteiger partial charge in [0.2, 0.25) is 5.82 Å². The molecule has 0 aliphatic heterocycles. The molecule has 2 aromatic carbocycles. The lowest BCUT2D eigenvalue weighted by atomic mass is 10.0. The normalized spacial score (nSPS) is 12.0. The van der Waals surface area contributed by atoms with Crippen molar-refractivity contribution in [2.75, 3.05) is 0 Å². The fourth-order valence-electron chi connectivity index (χ4n) is 1.94. The topological polar surface area (TPSA) is 9.23 Å². The van der Waals surface area contributed by atoms with Gasteiger partial charge in [-0.05, 0) is 18.2 Å². The fraction of sp³-hybridized carbons (Fsp3) is 0.143. The zero-order chi connectivity index (χ0) is 19.1. The Bertz CT molecular complexity index is 783. The number of benzene rings is 2. The van der Waals surface area contributed by atoms with Gasteiger partial charge in [-0.15, -0.1) is 0 Å². The summed E-state index contributed by atoms with van der Waals surface area (Å²) in [6.45, 7) is -3.72. The zero-order valence-corrected chi connectivity index (χ0v) is 11.5. The second-order valence-corrected chi connectivity index (χ2v) is 4.53. The Morgan fingerprint density at radius 1 is 0.760 bits per heavy atom. The van der Waals surface area contributed by atoms with Crippen molar-refractivity contribution in [3.63, 3.8) is 0 Å². The summed E-state index contributed by atoms with van der Waals surface area (Å²) in [4.78, 5) is 0. The van der Waals surface area contributed by atoms with E-state index in [-0.39, 0.29) is 18.2 Å². The maximum Gasteiger partial charge on any atom is 0.416 e. The summed E-state index contributed by atoms with van der Waals surface area (Å²) in [7, 11) is 0. The summed E-state index contributed by atoms with van der Waals surface area (Å²) >= 11 is 0. The van der Waals surface area contributed by atoms with E-state index >= 15 is 0 Å². The molecule has 1 nitrogen and oxygen atoms in total. The Morgan fingerprint density at radius 2 is 1.24 bits per heavy atom. The first kappa shape index (κ1) is 18.9. The van der Waals surface area contributed by atoms with Gasteiger partial charge in [0.1, 0.15) is 5.75 Å². The van der Waals surface area contributed by atoms with E-state index in [9.17, 15) is 43.9 Å². The van der Waals surface area contributed by atoms with E-state index in [0.29, 0.717) is 0 Å². The number of ether oxygens (including phenoxy) is 1. The predicted molar refractivity (Wildman–Crippen MR) is 63.3 cm³/mol. The van der Waals surface area contributed by atoms with E-state index in [1.165, 1.54) is 0 Å². The molecule has 2 aromatic rings. The first-order chi connectivity index (χ1) is 11.4. The average molecular weight is 378 g/mol. The highest BCUT2D eigenvalue weighted by atomic mass is 19.4. The summed E-state index contributed by atoms with van der Waals surface area (Å²) in [5.41, 5.74) is -4.39. The van der Waals surface area contributed by atoms with Gasteiger partial charge in [0, 0.05) is 5.56 Å². The van der Waals surface area contributed by atoms with Crippen LogP contribution in [0.15, 0.2) is 18.2 Å². The molecule has 0 aliphatic rings. The van der Waals surface area contributed by atoms with E-state index in [2.05, 4.69) is 4.74 Å². The molecule has 2 rings (SSSR count). The van der Waals surface area contributed by atoms with Gasteiger partial charge < -0.3 is 4.74 Å². The molecule has 0 aromatic heterocycles. The van der Waals surface area contributed by atoms with Crippen LogP contribution in [0, 0.1) is 29.1 Å². The predicted octanol–water partition coefficient (Wildman–Crippen LogP) is 5.67. The van der Waals surface area contributed by atoms with Crippen LogP contribution in [0.5, 0.6) is 5.75 Å². The van der Waals surface area contributed by atoms with Crippen LogP contribution in [0.4, 0.5) is 43.9 Å². The summed E-state index contributed by atoms with van der Waals surface area (Å²) in [6, 6.07) is 0.435. The van der Waals surface area contributed by atoms with Crippen LogP contribution in [0.3, 0.4) is 0 Å². The van der Waals surface area contributed by atoms with Crippen molar-refractivity contribution < 1.29 is 48.6 Å². The minimum absolute atomic E-state index is 0.0421. The number of hydrogen-bond acceptors (Lipinski definition) is 1. The van der Waals surface area contributed by atoms with Gasteiger partial charge in [-0.1, -0.05) is 0 Å². The maximum atomic E-state index is 13.8. The van der Waals surface area contributed by atoms with Crippen LogP contribution in [0.2, 0.25) is 0 Å². The van der Waals surface area contributed by atoms with Crippen molar-refractivity contribution in [2.24, 2.45) is 0 Å². The van der Waals surface area contributed by atoms with Gasteiger partial charge in [0.15, 0.2) is 23.3 Å². The molecule has 0 unspecified atom stereocenters. The van der Waals surface area contributed by atoms with Gasteiger partial charge in [0.25, 0.3) is 0 Å². The summed E-state index contributed by atoms with van der Waals surface area (Å²) < 4.78 is 133. The van der Waals surface area contributed by atoms with E-state index in [1.54, 1.807) is 0 Å². The van der Waals surface area contributed by atoms with Gasteiger partial charge >= 0.3 is 12.8 Å². The lowest BCUT2D eigenvalue weighted by molar-refractivity contribution is -0.138. The minimum atomic E-state index is -5.03. The molecular weight excluding hydrogens is 374 g/mol. The average Bonchev–Trinajstić information content (AvgIpc) is 2.51. The van der Waals surface area contributed by atoms with E-state index in [4.69, 9.17) is 0 Å². The Morgan fingerprint density at radius 3 is 1.68 bits per heavy atom. The van der Waals surface area contributed by atoms with Crippen LogP contribution >= 0.6 is 0 Å². The number of rotatable bonds is 3. The standard InChI is InChI=1S/C14H4F10O/c15-8-7(9(16)11(18)12(19)10(8)17)5-2-1-4(14(22,23)24)3-6(5)25-13(20)21/h1-3,13H. The summed E-state index contributed by atoms with van der Waals surface area (Å²) in [5, 5.41) is 0. The largest absolute Gasteiger partial charge is 0.434 e. The van der Waals surface area contributed by atoms with Crippen molar-refractivity contribution >= 4 is 0 Å². The van der Waals surface area contributed by atoms with Gasteiger partial charge in [0.05, 0.1) is 11.1 Å². The highest BCUT2D eigenvalue weighted by Gasteiger charge is 2.34. The highest BCUT2D eigenvalue weighted by molar-refractivity contribution is 5.72. The fourth-order valence-corrected chi connectivity index (χ4v) is 1.94. The molecule has 0 heterocycles. The van der Waals surface area contributed by atoms with Crippen LogP contribution in [0.25, 0.3) is 11.1 Å². The Hall–Kier alpha value is -2.46. The van der Waals surface area contributed by atoms with Crippen molar-refractivity contribution in [1.82, 2.24) is 0 Å². The van der Waals surface area contributed by atoms with Gasteiger partial charge in [-0.25, -0.2) is 22.0 Å². The maximum absolute atomic E-state index is 13.8. The molecule has 0 atom stereocenters. The van der Waals surface area contributed by atoms with Crippen molar-refractivity contribution in [1.29, 1.82) is 0 Å². The molecule has 0 aliphatic carbocycles. The highest BCUT2D eigenvalue weighted by Crippen LogP contribution is 2.41. The van der Waals surface area contributed by atoms with Crippen LogP contribution in [0.1, 0.15) is 5.56 Å². The Kier molecular flexibility index (Phi) is 4.87. The second-order valence-electron chi connectivity index (χ2n) is 4.53. The third-order valence-electron chi connectivity index (χ3n) is 3.00. The molecular formula is C14H4F10O. The van der Waals surface area contributed by atoms with E-state index in [1.807, 2.05) is 0 Å². The van der Waals surface area contributed by atoms with Crippen molar-refractivity contribution in [3.8, 4) is 16.9 Å². The quantitative estimate of drug-likeness (QED) is 0.380. The monoisotopic (exact) mass is 378 g/mol. The molecule has 0 amide bonds. The van der Waals surface area contributed by atoms with Crippen molar-refractivity contribution in [3.05, 3.63) is 52.8 Å². The molecule has 25 heavy (non-hydrogen) atoms. The molecule has 0 N–H and O–H groups in total. The smallest absolute Gasteiger partial charge is 0.416 e. The zero-order valence-electron chi connectivity index (χ0n) is 11.5. The molecule has 0 fully saturated rings. The molecule has 0 saturated carbocycles. The van der Waals surface area contributed by atoms with Gasteiger partial charge in [-0.2, -0.15) is 22.0 Å². The Labute approximate surface area is 132 Å². The number of hydrogen-bond donors (Lipinski definition) is 0. The molecule has 11 heteroatoms. The first-order valence-corrected chi connectivity index (χ1v) is 6.13. The third kappa shape index (κ3) is 3.49.